The number of hydrogen-bond donors (Lipinski definition) is 0. The lowest BCUT2D eigenvalue weighted by Crippen LogP contribution is -2.32. The summed E-state index contributed by atoms with van der Waals surface area (Å²) in [6.45, 7) is 0. The Labute approximate surface area is 326 Å². The van der Waals surface area contributed by atoms with E-state index in [1.807, 2.05) is 6.07 Å². The minimum Gasteiger partial charge on any atom is -0.457 e. The van der Waals surface area contributed by atoms with Crippen molar-refractivity contribution in [2.24, 2.45) is 0 Å². The van der Waals surface area contributed by atoms with Crippen LogP contribution >= 0.6 is 0 Å². The van der Waals surface area contributed by atoms with E-state index < -0.39 is 5.41 Å². The van der Waals surface area contributed by atoms with Gasteiger partial charge in [-0.2, -0.15) is 0 Å². The first-order valence-electron chi connectivity index (χ1n) is 19.2. The summed E-state index contributed by atoms with van der Waals surface area (Å²) >= 11 is 0. The zero-order valence-electron chi connectivity index (χ0n) is 30.5. The van der Waals surface area contributed by atoms with Crippen LogP contribution in [0.25, 0.3) is 56.2 Å². The van der Waals surface area contributed by atoms with Crippen molar-refractivity contribution in [2.45, 2.75) is 17.8 Å². The van der Waals surface area contributed by atoms with Gasteiger partial charge >= 0.3 is 0 Å². The van der Waals surface area contributed by atoms with Crippen LogP contribution in [0.1, 0.15) is 40.4 Å². The molecule has 4 heteroatoms. The normalized spacial score (nSPS) is 15.4. The molecular weight excluding hydrogens is 683 g/mol. The lowest BCUT2D eigenvalue weighted by Gasteiger charge is -2.39. The topological polar surface area (TPSA) is 47.9 Å². The van der Waals surface area contributed by atoms with Gasteiger partial charge in [-0.15, -0.1) is 0 Å². The van der Waals surface area contributed by atoms with Crippen LogP contribution in [0, 0.1) is 0 Å². The molecule has 11 rings (SSSR count). The van der Waals surface area contributed by atoms with Crippen LogP contribution in [-0.4, -0.2) is 15.0 Å². The molecule has 3 aliphatic rings. The monoisotopic (exact) mass is 717 g/mol. The standard InChI is InChI=1S/C52H35N3O/c1-3-14-34(15-4-1)38-18-13-19-40(32-38)51-54-49(36-16-5-2-6-17-36)53-50(55-51)37-28-26-35(27-29-37)39-30-31-48-46(33-39)52(45-24-11-12-25-47(45)56-48)43-22-9-7-20-41(43)42-21-8-10-23-44(42)52/h1-16,18-33,36H,17H2. The first-order chi connectivity index (χ1) is 27.7. The Morgan fingerprint density at radius 3 is 1.75 bits per heavy atom. The Kier molecular flexibility index (Phi) is 7.49. The fraction of sp³-hybridized carbons (Fsp3) is 0.0577. The fourth-order valence-corrected chi connectivity index (χ4v) is 8.90. The van der Waals surface area contributed by atoms with Gasteiger partial charge in [0.05, 0.1) is 5.41 Å². The number of aromatic nitrogens is 3. The number of benzene rings is 7. The Morgan fingerprint density at radius 2 is 1.00 bits per heavy atom. The Morgan fingerprint density at radius 1 is 0.429 bits per heavy atom. The molecule has 1 spiro atoms. The molecule has 4 nitrogen and oxygen atoms in total. The van der Waals surface area contributed by atoms with Crippen molar-refractivity contribution in [3.63, 3.8) is 0 Å². The minimum atomic E-state index is -0.508. The van der Waals surface area contributed by atoms with Gasteiger partial charge in [0.15, 0.2) is 11.6 Å². The summed E-state index contributed by atoms with van der Waals surface area (Å²) in [5, 5.41) is 0. The van der Waals surface area contributed by atoms with Crippen molar-refractivity contribution in [1.82, 2.24) is 15.0 Å². The van der Waals surface area contributed by atoms with Crippen molar-refractivity contribution in [3.05, 3.63) is 222 Å². The van der Waals surface area contributed by atoms with E-state index in [9.17, 15) is 0 Å². The minimum absolute atomic E-state index is 0.0816. The maximum Gasteiger partial charge on any atom is 0.163 e. The first kappa shape index (κ1) is 32.3. The molecule has 1 unspecified atom stereocenters. The maximum atomic E-state index is 6.67. The van der Waals surface area contributed by atoms with Crippen molar-refractivity contribution in [1.29, 1.82) is 0 Å². The summed E-state index contributed by atoms with van der Waals surface area (Å²) in [5.74, 6) is 3.97. The molecule has 0 saturated carbocycles. The van der Waals surface area contributed by atoms with E-state index in [1.165, 1.54) is 22.3 Å². The summed E-state index contributed by atoms with van der Waals surface area (Å²) in [6, 6.07) is 60.4. The van der Waals surface area contributed by atoms with E-state index in [4.69, 9.17) is 19.7 Å². The summed E-state index contributed by atoms with van der Waals surface area (Å²) < 4.78 is 6.67. The molecule has 0 N–H and O–H groups in total. The molecule has 1 aliphatic heterocycles. The van der Waals surface area contributed by atoms with Gasteiger partial charge in [-0.3, -0.25) is 0 Å². The highest BCUT2D eigenvalue weighted by Crippen LogP contribution is 2.62. The quantitative estimate of drug-likeness (QED) is 0.178. The van der Waals surface area contributed by atoms with Gasteiger partial charge in [0.1, 0.15) is 17.3 Å². The number of para-hydroxylation sites is 1. The molecule has 2 aliphatic carbocycles. The van der Waals surface area contributed by atoms with Crippen LogP contribution in [0.15, 0.2) is 194 Å². The molecule has 264 valence electrons. The number of allylic oxidation sites excluding steroid dienone is 4. The zero-order valence-corrected chi connectivity index (χ0v) is 30.5. The van der Waals surface area contributed by atoms with E-state index in [2.05, 4.69) is 188 Å². The fourth-order valence-electron chi connectivity index (χ4n) is 8.90. The molecule has 56 heavy (non-hydrogen) atoms. The zero-order chi connectivity index (χ0) is 37.1. The summed E-state index contributed by atoms with van der Waals surface area (Å²) in [5.41, 5.74) is 13.3. The second-order valence-electron chi connectivity index (χ2n) is 14.7. The number of rotatable bonds is 5. The first-order valence-corrected chi connectivity index (χ1v) is 19.2. The third-order valence-electron chi connectivity index (χ3n) is 11.5. The molecule has 0 amide bonds. The highest BCUT2D eigenvalue weighted by atomic mass is 16.5. The third-order valence-corrected chi connectivity index (χ3v) is 11.5. The van der Waals surface area contributed by atoms with Crippen molar-refractivity contribution in [3.8, 4) is 67.7 Å². The second kappa shape index (κ2) is 13.0. The van der Waals surface area contributed by atoms with E-state index in [0.717, 1.165) is 68.3 Å². The Balaban J connectivity index is 1.01. The van der Waals surface area contributed by atoms with Gasteiger partial charge in [-0.25, -0.2) is 15.0 Å². The molecule has 1 aromatic heterocycles. The predicted octanol–water partition coefficient (Wildman–Crippen LogP) is 12.6. The van der Waals surface area contributed by atoms with Crippen molar-refractivity contribution in [2.75, 3.05) is 0 Å². The number of nitrogens with zero attached hydrogens (tertiary/aromatic N) is 3. The highest BCUT2D eigenvalue weighted by Gasteiger charge is 2.51. The molecule has 8 aromatic rings. The molecular formula is C52H35N3O. The molecule has 2 heterocycles. The largest absolute Gasteiger partial charge is 0.457 e. The van der Waals surface area contributed by atoms with Crippen molar-refractivity contribution >= 4 is 0 Å². The Hall–Kier alpha value is -7.17. The predicted molar refractivity (Wildman–Crippen MR) is 225 cm³/mol. The maximum absolute atomic E-state index is 6.67. The van der Waals surface area contributed by atoms with Gasteiger partial charge in [0, 0.05) is 28.2 Å². The van der Waals surface area contributed by atoms with Gasteiger partial charge in [-0.1, -0.05) is 170 Å². The molecule has 0 saturated heterocycles. The molecule has 1 atom stereocenters. The van der Waals surface area contributed by atoms with Crippen LogP contribution in [0.5, 0.6) is 11.5 Å². The van der Waals surface area contributed by atoms with Crippen LogP contribution in [0.4, 0.5) is 0 Å². The Bertz CT molecular complexity index is 2830. The molecule has 0 fully saturated rings. The summed E-state index contributed by atoms with van der Waals surface area (Å²) in [4.78, 5) is 15.2. The lowest BCUT2D eigenvalue weighted by molar-refractivity contribution is 0.436. The van der Waals surface area contributed by atoms with Crippen LogP contribution < -0.4 is 4.74 Å². The van der Waals surface area contributed by atoms with Gasteiger partial charge in [0.2, 0.25) is 0 Å². The highest BCUT2D eigenvalue weighted by molar-refractivity contribution is 5.89. The number of hydrogen-bond acceptors (Lipinski definition) is 4. The average Bonchev–Trinajstić information content (AvgIpc) is 3.57. The smallest absolute Gasteiger partial charge is 0.163 e. The van der Waals surface area contributed by atoms with Crippen molar-refractivity contribution < 1.29 is 4.74 Å². The third kappa shape index (κ3) is 5.10. The van der Waals surface area contributed by atoms with Gasteiger partial charge < -0.3 is 4.74 Å². The van der Waals surface area contributed by atoms with E-state index in [0.29, 0.717) is 11.6 Å². The lowest BCUT2D eigenvalue weighted by atomic mass is 9.66. The van der Waals surface area contributed by atoms with Gasteiger partial charge in [-0.05, 0) is 75.2 Å². The summed E-state index contributed by atoms with van der Waals surface area (Å²) in [6.07, 6.45) is 9.37. The number of fused-ring (bicyclic) bond motifs is 9. The van der Waals surface area contributed by atoms with Crippen LogP contribution in [0.3, 0.4) is 0 Å². The van der Waals surface area contributed by atoms with Crippen LogP contribution in [0.2, 0.25) is 0 Å². The number of ether oxygens (including phenoxy) is 1. The second-order valence-corrected chi connectivity index (χ2v) is 14.7. The molecule has 7 aromatic carbocycles. The summed E-state index contributed by atoms with van der Waals surface area (Å²) in [7, 11) is 0. The van der Waals surface area contributed by atoms with E-state index in [-0.39, 0.29) is 5.92 Å². The van der Waals surface area contributed by atoms with E-state index in [1.54, 1.807) is 0 Å². The van der Waals surface area contributed by atoms with Gasteiger partial charge in [0.25, 0.3) is 0 Å². The average molecular weight is 718 g/mol. The van der Waals surface area contributed by atoms with E-state index >= 15 is 0 Å². The molecule has 0 bridgehead atoms. The molecule has 0 radical (unpaired) electrons. The van der Waals surface area contributed by atoms with Crippen LogP contribution in [-0.2, 0) is 5.41 Å². The SMILES string of the molecule is C1=CCC(c2nc(-c3ccc(-c4ccc5c(c4)C4(c6ccccc6O5)c5ccccc5-c5ccccc54)cc3)nc(-c3cccc(-c4ccccc4)c3)n2)C=C1.